The SMILES string of the molecule is CC(C)c1cc(Br)cc2c1N(C(=O)OCc1ccccc1)C(C1CC1)CC2. The minimum absolute atomic E-state index is 0.207. The van der Waals surface area contributed by atoms with Crippen molar-refractivity contribution in [3.63, 3.8) is 0 Å². The normalized spacial score (nSPS) is 19.1. The quantitative estimate of drug-likeness (QED) is 0.561. The lowest BCUT2D eigenvalue weighted by Gasteiger charge is -2.39. The van der Waals surface area contributed by atoms with Crippen molar-refractivity contribution in [3.05, 3.63) is 63.6 Å². The lowest BCUT2D eigenvalue weighted by atomic mass is 9.88. The Kier molecular flexibility index (Phi) is 5.27. The van der Waals surface area contributed by atoms with Crippen molar-refractivity contribution < 1.29 is 9.53 Å². The van der Waals surface area contributed by atoms with Crippen molar-refractivity contribution in [1.82, 2.24) is 0 Å². The van der Waals surface area contributed by atoms with Gasteiger partial charge in [-0.25, -0.2) is 4.79 Å². The van der Waals surface area contributed by atoms with Crippen LogP contribution in [0.3, 0.4) is 0 Å². The average Bonchev–Trinajstić information content (AvgIpc) is 3.50. The van der Waals surface area contributed by atoms with Crippen molar-refractivity contribution >= 4 is 27.7 Å². The van der Waals surface area contributed by atoms with Crippen molar-refractivity contribution in [3.8, 4) is 0 Å². The molecule has 1 heterocycles. The second-order valence-corrected chi connectivity index (χ2v) is 8.93. The summed E-state index contributed by atoms with van der Waals surface area (Å²) in [7, 11) is 0. The highest BCUT2D eigenvalue weighted by atomic mass is 79.9. The fourth-order valence-corrected chi connectivity index (χ4v) is 4.67. The van der Waals surface area contributed by atoms with E-state index < -0.39 is 0 Å². The van der Waals surface area contributed by atoms with E-state index in [4.69, 9.17) is 4.74 Å². The van der Waals surface area contributed by atoms with E-state index in [0.717, 1.165) is 28.6 Å². The number of nitrogens with zero attached hydrogens (tertiary/aromatic N) is 1. The van der Waals surface area contributed by atoms with Gasteiger partial charge in [-0.2, -0.15) is 0 Å². The van der Waals surface area contributed by atoms with Gasteiger partial charge in [0.2, 0.25) is 0 Å². The standard InChI is InChI=1S/C23H26BrNO2/c1-15(2)20-13-19(24)12-18-10-11-21(17-8-9-17)25(22(18)20)23(26)27-14-16-6-4-3-5-7-16/h3-7,12-13,15,17,21H,8-11,14H2,1-2H3. The van der Waals surface area contributed by atoms with Gasteiger partial charge in [-0.3, -0.25) is 4.90 Å². The summed E-state index contributed by atoms with van der Waals surface area (Å²) in [4.78, 5) is 15.2. The van der Waals surface area contributed by atoms with Gasteiger partial charge in [0.15, 0.2) is 0 Å². The van der Waals surface area contributed by atoms with E-state index >= 15 is 0 Å². The van der Waals surface area contributed by atoms with Crippen LogP contribution in [-0.2, 0) is 17.8 Å². The second-order valence-electron chi connectivity index (χ2n) is 8.01. The molecule has 1 atom stereocenters. The fourth-order valence-electron chi connectivity index (χ4n) is 4.14. The highest BCUT2D eigenvalue weighted by molar-refractivity contribution is 9.10. The third kappa shape index (κ3) is 3.91. The van der Waals surface area contributed by atoms with Crippen LogP contribution in [0.25, 0.3) is 0 Å². The Morgan fingerprint density at radius 1 is 1.19 bits per heavy atom. The molecule has 1 unspecified atom stereocenters. The number of fused-ring (bicyclic) bond motifs is 1. The molecule has 2 aromatic rings. The van der Waals surface area contributed by atoms with Gasteiger partial charge >= 0.3 is 6.09 Å². The number of halogens is 1. The van der Waals surface area contributed by atoms with Gasteiger partial charge in [0.1, 0.15) is 6.61 Å². The van der Waals surface area contributed by atoms with E-state index in [1.54, 1.807) is 0 Å². The van der Waals surface area contributed by atoms with Gasteiger partial charge < -0.3 is 4.74 Å². The van der Waals surface area contributed by atoms with E-state index in [9.17, 15) is 4.79 Å². The Morgan fingerprint density at radius 3 is 2.59 bits per heavy atom. The van der Waals surface area contributed by atoms with E-state index in [2.05, 4.69) is 41.9 Å². The van der Waals surface area contributed by atoms with Crippen LogP contribution in [0.1, 0.15) is 55.7 Å². The molecule has 4 rings (SSSR count). The molecule has 142 valence electrons. The Hall–Kier alpha value is -1.81. The van der Waals surface area contributed by atoms with Crippen molar-refractivity contribution in [2.24, 2.45) is 5.92 Å². The van der Waals surface area contributed by atoms with Crippen molar-refractivity contribution in [2.45, 2.75) is 58.1 Å². The molecule has 2 aromatic carbocycles. The molecule has 1 fully saturated rings. The van der Waals surface area contributed by atoms with Crippen LogP contribution in [0.15, 0.2) is 46.9 Å². The first kappa shape index (κ1) is 18.5. The van der Waals surface area contributed by atoms with Crippen molar-refractivity contribution in [1.29, 1.82) is 0 Å². The molecule has 2 aliphatic rings. The van der Waals surface area contributed by atoms with Crippen LogP contribution < -0.4 is 4.90 Å². The van der Waals surface area contributed by atoms with E-state index in [0.29, 0.717) is 18.4 Å². The second kappa shape index (κ2) is 7.67. The molecule has 0 spiro atoms. The summed E-state index contributed by atoms with van der Waals surface area (Å²) in [5.74, 6) is 0.963. The Morgan fingerprint density at radius 2 is 1.93 bits per heavy atom. The number of hydrogen-bond acceptors (Lipinski definition) is 2. The Bertz CT molecular complexity index is 830. The number of hydrogen-bond donors (Lipinski definition) is 0. The summed E-state index contributed by atoms with van der Waals surface area (Å²) >= 11 is 3.65. The summed E-state index contributed by atoms with van der Waals surface area (Å²) in [6.07, 6.45) is 4.27. The van der Waals surface area contributed by atoms with Gasteiger partial charge in [-0.1, -0.05) is 60.1 Å². The molecule has 0 aromatic heterocycles. The molecular weight excluding hydrogens is 402 g/mol. The molecule has 1 amide bonds. The number of anilines is 1. The summed E-state index contributed by atoms with van der Waals surface area (Å²) in [6, 6.07) is 14.5. The molecular formula is C23H26BrNO2. The first-order valence-electron chi connectivity index (χ1n) is 9.87. The minimum Gasteiger partial charge on any atom is -0.444 e. The van der Waals surface area contributed by atoms with Crippen LogP contribution in [0.5, 0.6) is 0 Å². The van der Waals surface area contributed by atoms with Gasteiger partial charge in [0.05, 0.1) is 5.69 Å². The molecule has 27 heavy (non-hydrogen) atoms. The third-order valence-corrected chi connectivity index (χ3v) is 6.11. The summed E-state index contributed by atoms with van der Waals surface area (Å²) in [5, 5.41) is 0. The number of rotatable bonds is 4. The molecule has 0 saturated heterocycles. The molecule has 0 N–H and O–H groups in total. The van der Waals surface area contributed by atoms with Gasteiger partial charge in [-0.05, 0) is 66.3 Å². The minimum atomic E-state index is -0.207. The predicted molar refractivity (Wildman–Crippen MR) is 112 cm³/mol. The van der Waals surface area contributed by atoms with E-state index in [1.165, 1.54) is 24.0 Å². The zero-order chi connectivity index (χ0) is 19.0. The lowest BCUT2D eigenvalue weighted by Crippen LogP contribution is -2.46. The molecule has 1 aliphatic carbocycles. The van der Waals surface area contributed by atoms with Gasteiger partial charge in [-0.15, -0.1) is 0 Å². The third-order valence-electron chi connectivity index (χ3n) is 5.66. The average molecular weight is 428 g/mol. The van der Waals surface area contributed by atoms with Crippen LogP contribution in [0.2, 0.25) is 0 Å². The molecule has 1 aliphatic heterocycles. The zero-order valence-corrected chi connectivity index (χ0v) is 17.5. The first-order chi connectivity index (χ1) is 13.0. The Balaban J connectivity index is 1.67. The van der Waals surface area contributed by atoms with Crippen molar-refractivity contribution in [2.75, 3.05) is 4.90 Å². The fraction of sp³-hybridized carbons (Fsp3) is 0.435. The largest absolute Gasteiger partial charge is 0.444 e. The highest BCUT2D eigenvalue weighted by Gasteiger charge is 2.42. The topological polar surface area (TPSA) is 29.5 Å². The molecule has 0 bridgehead atoms. The monoisotopic (exact) mass is 427 g/mol. The molecule has 3 nitrogen and oxygen atoms in total. The van der Waals surface area contributed by atoms with Gasteiger partial charge in [0.25, 0.3) is 0 Å². The molecule has 4 heteroatoms. The maximum Gasteiger partial charge on any atom is 0.414 e. The number of carbonyl (C=O) groups excluding carboxylic acids is 1. The highest BCUT2D eigenvalue weighted by Crippen LogP contribution is 2.46. The van der Waals surface area contributed by atoms with Gasteiger partial charge in [0, 0.05) is 10.5 Å². The lowest BCUT2D eigenvalue weighted by molar-refractivity contribution is 0.142. The number of aryl methyl sites for hydroxylation is 1. The number of carbonyl (C=O) groups is 1. The molecule has 0 radical (unpaired) electrons. The summed E-state index contributed by atoms with van der Waals surface area (Å²) in [5.41, 5.74) is 4.59. The maximum atomic E-state index is 13.2. The number of benzene rings is 2. The zero-order valence-electron chi connectivity index (χ0n) is 16.0. The summed E-state index contributed by atoms with van der Waals surface area (Å²) in [6.45, 7) is 4.70. The van der Waals surface area contributed by atoms with Crippen LogP contribution >= 0.6 is 15.9 Å². The first-order valence-corrected chi connectivity index (χ1v) is 10.7. The van der Waals surface area contributed by atoms with Crippen LogP contribution in [0.4, 0.5) is 10.5 Å². The maximum absolute atomic E-state index is 13.2. The number of ether oxygens (including phenoxy) is 1. The van der Waals surface area contributed by atoms with E-state index in [1.807, 2.05) is 35.2 Å². The predicted octanol–water partition coefficient (Wildman–Crippen LogP) is 6.44. The summed E-state index contributed by atoms with van der Waals surface area (Å²) < 4.78 is 6.86. The molecule has 1 saturated carbocycles. The number of amides is 1. The van der Waals surface area contributed by atoms with Crippen LogP contribution in [0, 0.1) is 5.92 Å². The van der Waals surface area contributed by atoms with Crippen LogP contribution in [-0.4, -0.2) is 12.1 Å². The smallest absolute Gasteiger partial charge is 0.414 e. The Labute approximate surface area is 169 Å². The van der Waals surface area contributed by atoms with E-state index in [-0.39, 0.29) is 12.1 Å².